The molecule has 3 rings (SSSR count). The molecule has 1 aromatic heterocycles. The summed E-state index contributed by atoms with van der Waals surface area (Å²) in [5, 5.41) is 12.3. The molecule has 2 aromatic carbocycles. The number of fused-ring (bicyclic) bond motifs is 1. The van der Waals surface area contributed by atoms with Crippen LogP contribution in [0.1, 0.15) is 63.3 Å². The number of hydrogen-bond donors (Lipinski definition) is 3. The van der Waals surface area contributed by atoms with Crippen molar-refractivity contribution in [2.24, 2.45) is 5.73 Å². The molecule has 180 valence electrons. The highest BCUT2D eigenvalue weighted by molar-refractivity contribution is 6.35. The quantitative estimate of drug-likeness (QED) is 0.392. The van der Waals surface area contributed by atoms with E-state index in [-0.39, 0.29) is 34.0 Å². The number of aromatic nitrogens is 2. The standard InChI is InChI=1S/C24H28ClN5O4/c1-14(7-4-5-12-26)30-20-18(11-10-17(25)19(20)22(32)29(2)3)27-24(30)28-21(31)15-8-6-9-16(13-15)23(33)34/h6,8-11,13-14H,4-5,7,12,26H2,1-3H3,(H,33,34)(H,27,28,31)/t14-/m1/s1. The second-order valence-electron chi connectivity index (χ2n) is 8.27. The van der Waals surface area contributed by atoms with Crippen molar-refractivity contribution in [1.82, 2.24) is 14.5 Å². The Bertz CT molecular complexity index is 1240. The van der Waals surface area contributed by atoms with Gasteiger partial charge in [-0.05, 0) is 56.6 Å². The van der Waals surface area contributed by atoms with Crippen LogP contribution in [0.2, 0.25) is 5.02 Å². The van der Waals surface area contributed by atoms with Gasteiger partial charge in [-0.2, -0.15) is 0 Å². The number of hydrogen-bond acceptors (Lipinski definition) is 5. The summed E-state index contributed by atoms with van der Waals surface area (Å²) in [7, 11) is 3.28. The molecule has 0 aliphatic heterocycles. The predicted octanol–water partition coefficient (Wildman–Crippen LogP) is 4.03. The highest BCUT2D eigenvalue weighted by atomic mass is 35.5. The van der Waals surface area contributed by atoms with E-state index >= 15 is 0 Å². The molecule has 1 atom stereocenters. The van der Waals surface area contributed by atoms with Gasteiger partial charge in [-0.25, -0.2) is 9.78 Å². The Kier molecular flexibility index (Phi) is 7.90. The number of carbonyl (C=O) groups excluding carboxylic acids is 2. The lowest BCUT2D eigenvalue weighted by Gasteiger charge is -2.20. The maximum Gasteiger partial charge on any atom is 0.335 e. The number of imidazole rings is 1. The molecular weight excluding hydrogens is 458 g/mol. The zero-order chi connectivity index (χ0) is 25.0. The Hall–Kier alpha value is -3.43. The molecule has 0 aliphatic carbocycles. The van der Waals surface area contributed by atoms with Gasteiger partial charge in [0.05, 0.1) is 27.2 Å². The van der Waals surface area contributed by atoms with Crippen LogP contribution in [0.4, 0.5) is 5.95 Å². The number of nitrogens with zero attached hydrogens (tertiary/aromatic N) is 3. The molecule has 9 nitrogen and oxygen atoms in total. The second-order valence-corrected chi connectivity index (χ2v) is 8.68. The van der Waals surface area contributed by atoms with Crippen molar-refractivity contribution in [3.63, 3.8) is 0 Å². The van der Waals surface area contributed by atoms with Crippen LogP contribution in [0.3, 0.4) is 0 Å². The number of rotatable bonds is 9. The first-order chi connectivity index (χ1) is 16.1. The third-order valence-electron chi connectivity index (χ3n) is 5.54. The van der Waals surface area contributed by atoms with Gasteiger partial charge in [-0.3, -0.25) is 14.9 Å². The van der Waals surface area contributed by atoms with Crippen LogP contribution in [0.15, 0.2) is 36.4 Å². The summed E-state index contributed by atoms with van der Waals surface area (Å²) in [4.78, 5) is 43.4. The third-order valence-corrected chi connectivity index (χ3v) is 5.85. The van der Waals surface area contributed by atoms with Gasteiger partial charge < -0.3 is 20.3 Å². The lowest BCUT2D eigenvalue weighted by atomic mass is 10.1. The number of halogens is 1. The minimum atomic E-state index is -1.13. The fourth-order valence-electron chi connectivity index (χ4n) is 3.79. The topological polar surface area (TPSA) is 131 Å². The van der Waals surface area contributed by atoms with E-state index in [2.05, 4.69) is 10.3 Å². The van der Waals surface area contributed by atoms with E-state index in [9.17, 15) is 19.5 Å². The van der Waals surface area contributed by atoms with Crippen LogP contribution in [-0.2, 0) is 0 Å². The van der Waals surface area contributed by atoms with Crippen LogP contribution in [0, 0.1) is 0 Å². The molecule has 2 amide bonds. The number of carbonyl (C=O) groups is 3. The highest BCUT2D eigenvalue weighted by Gasteiger charge is 2.26. The Morgan fingerprint density at radius 3 is 2.53 bits per heavy atom. The third kappa shape index (κ3) is 5.21. The first-order valence-electron chi connectivity index (χ1n) is 10.9. The Labute approximate surface area is 202 Å². The molecule has 1 heterocycles. The van der Waals surface area contributed by atoms with Crippen molar-refractivity contribution in [2.75, 3.05) is 26.0 Å². The highest BCUT2D eigenvalue weighted by Crippen LogP contribution is 2.34. The summed E-state index contributed by atoms with van der Waals surface area (Å²) in [5.41, 5.74) is 7.17. The van der Waals surface area contributed by atoms with E-state index < -0.39 is 11.9 Å². The van der Waals surface area contributed by atoms with E-state index in [1.54, 1.807) is 26.2 Å². The Balaban J connectivity index is 2.13. The minimum Gasteiger partial charge on any atom is -0.478 e. The van der Waals surface area contributed by atoms with Gasteiger partial charge in [-0.1, -0.05) is 24.1 Å². The number of carboxylic acids is 1. The molecule has 0 saturated heterocycles. The molecule has 10 heteroatoms. The minimum absolute atomic E-state index is 0.00181. The van der Waals surface area contributed by atoms with E-state index in [1.807, 2.05) is 11.5 Å². The molecule has 0 bridgehead atoms. The van der Waals surface area contributed by atoms with Crippen LogP contribution in [0.5, 0.6) is 0 Å². The number of carboxylic acid groups (broad SMARTS) is 1. The molecular formula is C24H28ClN5O4. The lowest BCUT2D eigenvalue weighted by molar-refractivity contribution is 0.0696. The summed E-state index contributed by atoms with van der Waals surface area (Å²) in [6.07, 6.45) is 2.43. The van der Waals surface area contributed by atoms with Gasteiger partial charge in [0.2, 0.25) is 5.95 Å². The van der Waals surface area contributed by atoms with E-state index in [0.29, 0.717) is 23.1 Å². The number of nitrogens with two attached hydrogens (primary N) is 1. The van der Waals surface area contributed by atoms with Crippen molar-refractivity contribution < 1.29 is 19.5 Å². The number of anilines is 1. The number of nitrogens with one attached hydrogen (secondary N) is 1. The fourth-order valence-corrected chi connectivity index (χ4v) is 4.02. The van der Waals surface area contributed by atoms with Crippen molar-refractivity contribution in [2.45, 2.75) is 32.2 Å². The Morgan fingerprint density at radius 2 is 1.88 bits per heavy atom. The normalized spacial score (nSPS) is 11.9. The summed E-state index contributed by atoms with van der Waals surface area (Å²) in [6, 6.07) is 8.92. The monoisotopic (exact) mass is 485 g/mol. The van der Waals surface area contributed by atoms with Gasteiger partial charge in [0, 0.05) is 25.7 Å². The first kappa shape index (κ1) is 25.2. The summed E-state index contributed by atoms with van der Waals surface area (Å²) >= 11 is 6.46. The van der Waals surface area contributed by atoms with E-state index in [4.69, 9.17) is 17.3 Å². The number of amides is 2. The fraction of sp³-hybridized carbons (Fsp3) is 0.333. The molecule has 0 unspecified atom stereocenters. The van der Waals surface area contributed by atoms with Gasteiger partial charge in [0.15, 0.2) is 0 Å². The second kappa shape index (κ2) is 10.7. The smallest absolute Gasteiger partial charge is 0.335 e. The zero-order valence-electron chi connectivity index (χ0n) is 19.3. The summed E-state index contributed by atoms with van der Waals surface area (Å²) < 4.78 is 1.81. The zero-order valence-corrected chi connectivity index (χ0v) is 20.1. The molecule has 0 spiro atoms. The van der Waals surface area contributed by atoms with Gasteiger partial charge >= 0.3 is 5.97 Å². The van der Waals surface area contributed by atoms with Crippen LogP contribution in [0.25, 0.3) is 11.0 Å². The average molecular weight is 486 g/mol. The first-order valence-corrected chi connectivity index (χ1v) is 11.3. The van der Waals surface area contributed by atoms with Crippen LogP contribution in [-0.4, -0.2) is 58.0 Å². The van der Waals surface area contributed by atoms with E-state index in [0.717, 1.165) is 19.3 Å². The molecule has 0 fully saturated rings. The van der Waals surface area contributed by atoms with Crippen LogP contribution >= 0.6 is 11.6 Å². The van der Waals surface area contributed by atoms with Crippen molar-refractivity contribution in [3.05, 3.63) is 58.1 Å². The molecule has 4 N–H and O–H groups in total. The van der Waals surface area contributed by atoms with Crippen LogP contribution < -0.4 is 11.1 Å². The number of aromatic carboxylic acids is 1. The van der Waals surface area contributed by atoms with Crippen molar-refractivity contribution in [3.8, 4) is 0 Å². The summed E-state index contributed by atoms with van der Waals surface area (Å²) in [5.74, 6) is -1.67. The largest absolute Gasteiger partial charge is 0.478 e. The molecule has 34 heavy (non-hydrogen) atoms. The molecule has 3 aromatic rings. The van der Waals surface area contributed by atoms with Crippen molar-refractivity contribution in [1.29, 1.82) is 0 Å². The average Bonchev–Trinajstić information content (AvgIpc) is 3.16. The summed E-state index contributed by atoms with van der Waals surface area (Å²) in [6.45, 7) is 2.54. The number of benzene rings is 2. The van der Waals surface area contributed by atoms with Gasteiger partial charge in [0.25, 0.3) is 11.8 Å². The maximum absolute atomic E-state index is 13.0. The maximum atomic E-state index is 13.0. The number of unbranched alkanes of at least 4 members (excludes halogenated alkanes) is 1. The van der Waals surface area contributed by atoms with Gasteiger partial charge in [0.1, 0.15) is 0 Å². The molecule has 0 saturated carbocycles. The van der Waals surface area contributed by atoms with E-state index in [1.165, 1.54) is 29.2 Å². The molecule has 0 aliphatic rings. The Morgan fingerprint density at radius 1 is 1.18 bits per heavy atom. The molecule has 0 radical (unpaired) electrons. The SMILES string of the molecule is C[C@H](CCCCN)n1c(NC(=O)c2cccc(C(=O)O)c2)nc2ccc(Cl)c(C(=O)N(C)C)c21. The van der Waals surface area contributed by atoms with Gasteiger partial charge in [-0.15, -0.1) is 0 Å². The lowest BCUT2D eigenvalue weighted by Crippen LogP contribution is -2.24. The predicted molar refractivity (Wildman–Crippen MR) is 132 cm³/mol. The van der Waals surface area contributed by atoms with Crippen molar-refractivity contribution >= 4 is 46.4 Å².